The molecule has 1 aliphatic carbocycles. The van der Waals surface area contributed by atoms with Gasteiger partial charge in [-0.1, -0.05) is 42.8 Å². The first-order chi connectivity index (χ1) is 12.0. The Bertz CT molecular complexity index is 603. The van der Waals surface area contributed by atoms with E-state index in [0.29, 0.717) is 0 Å². The van der Waals surface area contributed by atoms with Crippen molar-refractivity contribution < 1.29 is 17.9 Å². The topological polar surface area (TPSA) is 60.2 Å². The number of rotatable bonds is 3. The monoisotopic (exact) mass is 353 g/mol. The van der Waals surface area contributed by atoms with Crippen LogP contribution in [0.1, 0.15) is 37.7 Å². The minimum atomic E-state index is -4.56. The van der Waals surface area contributed by atoms with Crippen molar-refractivity contribution >= 4 is 5.82 Å². The predicted octanol–water partition coefficient (Wildman–Crippen LogP) is 4.78. The normalized spacial score (nSPS) is 15.0. The lowest BCUT2D eigenvalue weighted by molar-refractivity contribution is -0.138. The first kappa shape index (κ1) is 19.1. The van der Waals surface area contributed by atoms with Gasteiger partial charge < -0.3 is 10.2 Å². The molecule has 2 aromatic rings. The fourth-order valence-corrected chi connectivity index (χ4v) is 2.67. The van der Waals surface area contributed by atoms with Crippen molar-refractivity contribution in [2.75, 3.05) is 5.43 Å². The number of halogens is 3. The Hall–Kier alpha value is -2.28. The van der Waals surface area contributed by atoms with E-state index in [-0.39, 0.29) is 11.9 Å². The first-order valence-corrected chi connectivity index (χ1v) is 8.22. The maximum Gasteiger partial charge on any atom is 0.423 e. The molecule has 7 heteroatoms. The molecule has 25 heavy (non-hydrogen) atoms. The van der Waals surface area contributed by atoms with Crippen LogP contribution in [-0.2, 0) is 6.18 Å². The van der Waals surface area contributed by atoms with Gasteiger partial charge in [0.1, 0.15) is 11.3 Å². The van der Waals surface area contributed by atoms with Crippen molar-refractivity contribution in [3.63, 3.8) is 0 Å². The number of hydrogen-bond acceptors (Lipinski definition) is 4. The van der Waals surface area contributed by atoms with Crippen molar-refractivity contribution in [3.8, 4) is 5.75 Å². The molecule has 136 valence electrons. The quantitative estimate of drug-likeness (QED) is 0.616. The maximum atomic E-state index is 13.0. The third-order valence-corrected chi connectivity index (χ3v) is 3.85. The van der Waals surface area contributed by atoms with Crippen LogP contribution in [0, 0.1) is 0 Å². The van der Waals surface area contributed by atoms with E-state index in [0.717, 1.165) is 32.1 Å². The van der Waals surface area contributed by atoms with Gasteiger partial charge in [-0.05, 0) is 31.7 Å². The molecule has 3 rings (SSSR count). The summed E-state index contributed by atoms with van der Waals surface area (Å²) in [5.41, 5.74) is 1.03. The van der Waals surface area contributed by atoms with Crippen LogP contribution in [0.5, 0.6) is 5.75 Å². The van der Waals surface area contributed by atoms with Crippen LogP contribution in [0.15, 0.2) is 48.7 Å². The standard InChI is InChI=1S/C12H16F3N3O.C6H6/c13-12(14,15)10-9(6-7-17-11(10)18-16)19-8-4-2-1-3-5-8;1-2-4-6-5-3-1/h6-8H,1-5,16H2,(H,17,18);1-6H. The highest BCUT2D eigenvalue weighted by molar-refractivity contribution is 5.52. The van der Waals surface area contributed by atoms with Crippen LogP contribution < -0.4 is 16.0 Å². The summed E-state index contributed by atoms with van der Waals surface area (Å²) >= 11 is 0. The van der Waals surface area contributed by atoms with E-state index >= 15 is 0 Å². The van der Waals surface area contributed by atoms with Crippen molar-refractivity contribution in [2.45, 2.75) is 44.4 Å². The molecule has 1 aromatic carbocycles. The smallest absolute Gasteiger partial charge is 0.423 e. The van der Waals surface area contributed by atoms with Gasteiger partial charge in [0.2, 0.25) is 0 Å². The lowest BCUT2D eigenvalue weighted by atomic mass is 9.98. The summed E-state index contributed by atoms with van der Waals surface area (Å²) in [6.45, 7) is 0. The Kier molecular flexibility index (Phi) is 7.06. The molecular weight excluding hydrogens is 331 g/mol. The number of hydrogen-bond donors (Lipinski definition) is 2. The summed E-state index contributed by atoms with van der Waals surface area (Å²) in [4.78, 5) is 3.58. The second-order valence-electron chi connectivity index (χ2n) is 5.71. The first-order valence-electron chi connectivity index (χ1n) is 8.22. The Balaban J connectivity index is 0.000000316. The fraction of sp³-hybridized carbons (Fsp3) is 0.389. The number of nitrogens with two attached hydrogens (primary N) is 1. The number of anilines is 1. The lowest BCUT2D eigenvalue weighted by Crippen LogP contribution is -2.23. The molecule has 0 radical (unpaired) electrons. The van der Waals surface area contributed by atoms with Crippen LogP contribution in [-0.4, -0.2) is 11.1 Å². The highest BCUT2D eigenvalue weighted by Gasteiger charge is 2.38. The van der Waals surface area contributed by atoms with Crippen LogP contribution in [0.25, 0.3) is 0 Å². The van der Waals surface area contributed by atoms with Crippen molar-refractivity contribution in [1.29, 1.82) is 0 Å². The van der Waals surface area contributed by atoms with Gasteiger partial charge in [-0.3, -0.25) is 0 Å². The number of nitrogens with one attached hydrogen (secondary N) is 1. The summed E-state index contributed by atoms with van der Waals surface area (Å²) < 4.78 is 44.6. The van der Waals surface area contributed by atoms with Gasteiger partial charge in [0, 0.05) is 6.20 Å². The molecule has 0 spiro atoms. The van der Waals surface area contributed by atoms with Crippen LogP contribution in [0.4, 0.5) is 19.0 Å². The molecule has 0 unspecified atom stereocenters. The van der Waals surface area contributed by atoms with E-state index < -0.39 is 17.6 Å². The highest BCUT2D eigenvalue weighted by atomic mass is 19.4. The van der Waals surface area contributed by atoms with E-state index in [4.69, 9.17) is 10.6 Å². The molecule has 0 bridgehead atoms. The Labute approximate surface area is 145 Å². The molecule has 1 aromatic heterocycles. The minimum Gasteiger partial charge on any atom is -0.490 e. The summed E-state index contributed by atoms with van der Waals surface area (Å²) in [5, 5.41) is 0. The van der Waals surface area contributed by atoms with Gasteiger partial charge in [0.15, 0.2) is 5.82 Å². The second-order valence-corrected chi connectivity index (χ2v) is 5.71. The van der Waals surface area contributed by atoms with Gasteiger partial charge in [-0.2, -0.15) is 13.2 Å². The molecule has 0 aliphatic heterocycles. The molecule has 1 heterocycles. The number of nitrogens with zero attached hydrogens (tertiary/aromatic N) is 1. The van der Waals surface area contributed by atoms with E-state index in [2.05, 4.69) is 4.98 Å². The average Bonchev–Trinajstić information content (AvgIpc) is 2.63. The van der Waals surface area contributed by atoms with Crippen LogP contribution in [0.2, 0.25) is 0 Å². The second kappa shape index (κ2) is 9.27. The van der Waals surface area contributed by atoms with E-state index in [1.807, 2.05) is 41.8 Å². The third kappa shape index (κ3) is 5.94. The number of pyridine rings is 1. The van der Waals surface area contributed by atoms with Gasteiger partial charge in [-0.25, -0.2) is 10.8 Å². The zero-order valence-electron chi connectivity index (χ0n) is 13.8. The summed E-state index contributed by atoms with van der Waals surface area (Å²) in [6.07, 6.45) is 1.18. The number of nitrogen functional groups attached to an aromatic ring is 1. The molecule has 1 fully saturated rings. The number of benzene rings is 1. The zero-order valence-corrected chi connectivity index (χ0v) is 13.8. The number of alkyl halides is 3. The number of hydrazine groups is 1. The third-order valence-electron chi connectivity index (χ3n) is 3.85. The SMILES string of the molecule is NNc1nccc(OC2CCCCC2)c1C(F)(F)F.c1ccccc1. The van der Waals surface area contributed by atoms with Gasteiger partial charge in [0.25, 0.3) is 0 Å². The van der Waals surface area contributed by atoms with Crippen molar-refractivity contribution in [3.05, 3.63) is 54.2 Å². The Morgan fingerprint density at radius 3 is 2.04 bits per heavy atom. The molecule has 4 nitrogen and oxygen atoms in total. The number of ether oxygens (including phenoxy) is 1. The Morgan fingerprint density at radius 1 is 1.00 bits per heavy atom. The largest absolute Gasteiger partial charge is 0.490 e. The molecular formula is C18H22F3N3O. The van der Waals surface area contributed by atoms with Crippen LogP contribution >= 0.6 is 0 Å². The maximum absolute atomic E-state index is 13.0. The summed E-state index contributed by atoms with van der Waals surface area (Å²) in [6, 6.07) is 13.2. The molecule has 0 amide bonds. The molecule has 1 aliphatic rings. The van der Waals surface area contributed by atoms with Gasteiger partial charge >= 0.3 is 6.18 Å². The van der Waals surface area contributed by atoms with E-state index in [1.54, 1.807) is 0 Å². The van der Waals surface area contributed by atoms with E-state index in [9.17, 15) is 13.2 Å². The van der Waals surface area contributed by atoms with E-state index in [1.165, 1.54) is 12.3 Å². The zero-order chi connectivity index (χ0) is 18.1. The summed E-state index contributed by atoms with van der Waals surface area (Å²) in [5.74, 6) is 4.46. The van der Waals surface area contributed by atoms with Crippen molar-refractivity contribution in [1.82, 2.24) is 4.98 Å². The molecule has 3 N–H and O–H groups in total. The fourth-order valence-electron chi connectivity index (χ4n) is 2.67. The summed E-state index contributed by atoms with van der Waals surface area (Å²) in [7, 11) is 0. The molecule has 0 atom stereocenters. The van der Waals surface area contributed by atoms with Gasteiger partial charge in [-0.15, -0.1) is 0 Å². The Morgan fingerprint density at radius 2 is 1.56 bits per heavy atom. The minimum absolute atomic E-state index is 0.164. The van der Waals surface area contributed by atoms with Gasteiger partial charge in [0.05, 0.1) is 6.10 Å². The van der Waals surface area contributed by atoms with Crippen molar-refractivity contribution in [2.24, 2.45) is 5.84 Å². The number of aromatic nitrogens is 1. The highest BCUT2D eigenvalue weighted by Crippen LogP contribution is 2.41. The molecule has 0 saturated heterocycles. The van der Waals surface area contributed by atoms with Crippen LogP contribution in [0.3, 0.4) is 0 Å². The average molecular weight is 353 g/mol. The predicted molar refractivity (Wildman–Crippen MR) is 91.0 cm³/mol. The lowest BCUT2D eigenvalue weighted by Gasteiger charge is -2.25. The molecule has 1 saturated carbocycles.